The molecule has 0 bridgehead atoms. The molecule has 0 N–H and O–H groups in total. The van der Waals surface area contributed by atoms with Gasteiger partial charge in [0.15, 0.2) is 21.6 Å². The second-order valence-corrected chi connectivity index (χ2v) is 6.79. The fourth-order valence-electron chi connectivity index (χ4n) is 2.34. The van der Waals surface area contributed by atoms with E-state index >= 15 is 0 Å². The molecular formula is C16H16F3NO7S. The van der Waals surface area contributed by atoms with Crippen LogP contribution in [-0.2, 0) is 19.6 Å². The Morgan fingerprint density at radius 2 is 1.71 bits per heavy atom. The lowest BCUT2D eigenvalue weighted by Crippen LogP contribution is -2.24. The average Bonchev–Trinajstić information content (AvgIpc) is 3.21. The lowest BCUT2D eigenvalue weighted by Gasteiger charge is -2.08. The van der Waals surface area contributed by atoms with Crippen LogP contribution >= 0.6 is 0 Å². The Morgan fingerprint density at radius 1 is 1.14 bits per heavy atom. The van der Waals surface area contributed by atoms with Gasteiger partial charge >= 0.3 is 11.5 Å². The number of benzene rings is 1. The minimum Gasteiger partial charge on any atom is -0.741 e. The van der Waals surface area contributed by atoms with Crippen molar-refractivity contribution in [1.82, 2.24) is 0 Å². The summed E-state index contributed by atoms with van der Waals surface area (Å²) in [5, 5.41) is 0. The van der Waals surface area contributed by atoms with Gasteiger partial charge in [-0.2, -0.15) is 13.2 Å². The van der Waals surface area contributed by atoms with E-state index in [9.17, 15) is 18.0 Å². The van der Waals surface area contributed by atoms with Crippen molar-refractivity contribution in [2.45, 2.75) is 19.4 Å². The fraction of sp³-hybridized carbons (Fsp3) is 0.375. The van der Waals surface area contributed by atoms with Crippen LogP contribution in [0.1, 0.15) is 19.4 Å². The molecule has 2 aliphatic rings. The van der Waals surface area contributed by atoms with Crippen LogP contribution in [0.2, 0.25) is 0 Å². The van der Waals surface area contributed by atoms with Crippen LogP contribution in [0.4, 0.5) is 13.2 Å². The molecule has 28 heavy (non-hydrogen) atoms. The van der Waals surface area contributed by atoms with Gasteiger partial charge in [0.05, 0.1) is 6.08 Å². The Morgan fingerprint density at radius 3 is 2.25 bits per heavy atom. The summed E-state index contributed by atoms with van der Waals surface area (Å²) in [6.45, 7) is 5.79. The van der Waals surface area contributed by atoms with Gasteiger partial charge in [-0.25, -0.2) is 17.8 Å². The monoisotopic (exact) mass is 423 g/mol. The quantitative estimate of drug-likeness (QED) is 0.316. The lowest BCUT2D eigenvalue weighted by atomic mass is 10.1. The van der Waals surface area contributed by atoms with E-state index in [1.807, 2.05) is 36.6 Å². The summed E-state index contributed by atoms with van der Waals surface area (Å²) in [5.41, 5.74) is -4.24. The van der Waals surface area contributed by atoms with Gasteiger partial charge in [-0.15, -0.1) is 0 Å². The van der Waals surface area contributed by atoms with Gasteiger partial charge in [0.25, 0.3) is 5.71 Å². The summed E-state index contributed by atoms with van der Waals surface area (Å²) in [6, 6.07) is 5.51. The molecule has 1 aromatic rings. The van der Waals surface area contributed by atoms with Crippen LogP contribution in [0.3, 0.4) is 0 Å². The highest BCUT2D eigenvalue weighted by Crippen LogP contribution is 2.35. The number of esters is 1. The van der Waals surface area contributed by atoms with Crippen molar-refractivity contribution in [2.24, 2.45) is 0 Å². The van der Waals surface area contributed by atoms with Crippen LogP contribution in [0.15, 0.2) is 24.3 Å². The summed E-state index contributed by atoms with van der Waals surface area (Å²) < 4.78 is 76.8. The van der Waals surface area contributed by atoms with Crippen molar-refractivity contribution >= 4 is 27.6 Å². The van der Waals surface area contributed by atoms with Crippen molar-refractivity contribution in [3.05, 3.63) is 29.8 Å². The number of hydrogen-bond donors (Lipinski definition) is 0. The maximum absolute atomic E-state index is 11.9. The van der Waals surface area contributed by atoms with E-state index in [1.54, 1.807) is 6.08 Å². The smallest absolute Gasteiger partial charge is 0.485 e. The SMILES string of the molecule is CC[N+](CC)=C1C=C(c2ccc3c(c2)OCO3)OC1=O.O=S(=O)([O-])C(F)(F)F. The van der Waals surface area contributed by atoms with E-state index in [0.29, 0.717) is 23.0 Å². The number of cyclic esters (lactones) is 1. The Bertz CT molecular complexity index is 930. The van der Waals surface area contributed by atoms with Crippen molar-refractivity contribution in [1.29, 1.82) is 0 Å². The first-order valence-corrected chi connectivity index (χ1v) is 9.36. The molecule has 2 heterocycles. The Balaban J connectivity index is 0.000000300. The topological polar surface area (TPSA) is 105 Å². The van der Waals surface area contributed by atoms with E-state index in [0.717, 1.165) is 18.7 Å². The van der Waals surface area contributed by atoms with Crippen LogP contribution in [0, 0.1) is 0 Å². The first-order chi connectivity index (χ1) is 13.0. The minimum atomic E-state index is -6.09. The molecule has 154 valence electrons. The lowest BCUT2D eigenvalue weighted by molar-refractivity contribution is -0.519. The molecule has 8 nitrogen and oxygen atoms in total. The number of fused-ring (bicyclic) bond motifs is 1. The third-order valence-electron chi connectivity index (χ3n) is 3.72. The highest BCUT2D eigenvalue weighted by Gasteiger charge is 2.37. The molecule has 0 unspecified atom stereocenters. The number of rotatable bonds is 3. The molecule has 2 aliphatic heterocycles. The summed E-state index contributed by atoms with van der Waals surface area (Å²) in [4.78, 5) is 11.9. The zero-order valence-electron chi connectivity index (χ0n) is 14.8. The number of nitrogens with zero attached hydrogens (tertiary/aromatic N) is 1. The molecule has 0 atom stereocenters. The maximum Gasteiger partial charge on any atom is 0.485 e. The van der Waals surface area contributed by atoms with E-state index in [4.69, 9.17) is 27.2 Å². The predicted octanol–water partition coefficient (Wildman–Crippen LogP) is 1.86. The normalized spacial score (nSPS) is 15.6. The zero-order chi connectivity index (χ0) is 21.1. The van der Waals surface area contributed by atoms with E-state index in [2.05, 4.69) is 0 Å². The number of alkyl halides is 3. The first kappa shape index (κ1) is 21.7. The second kappa shape index (κ2) is 8.19. The molecular weight excluding hydrogens is 407 g/mol. The number of carbonyl (C=O) groups excluding carboxylic acids is 1. The van der Waals surface area contributed by atoms with Gasteiger partial charge < -0.3 is 18.8 Å². The molecule has 0 aromatic heterocycles. The molecule has 0 radical (unpaired) electrons. The predicted molar refractivity (Wildman–Crippen MR) is 88.7 cm³/mol. The number of ether oxygens (including phenoxy) is 3. The second-order valence-electron chi connectivity index (χ2n) is 5.42. The molecule has 0 fully saturated rings. The Hall–Kier alpha value is -2.60. The van der Waals surface area contributed by atoms with E-state index in [-0.39, 0.29) is 12.8 Å². The first-order valence-electron chi connectivity index (χ1n) is 7.95. The molecule has 0 amide bonds. The van der Waals surface area contributed by atoms with Crippen LogP contribution in [0.5, 0.6) is 11.5 Å². The van der Waals surface area contributed by atoms with Gasteiger partial charge in [-0.05, 0) is 32.0 Å². The molecule has 0 saturated heterocycles. The third kappa shape index (κ3) is 4.81. The molecule has 0 aliphatic carbocycles. The van der Waals surface area contributed by atoms with Crippen molar-refractivity contribution < 1.29 is 49.7 Å². The number of carbonyl (C=O) groups is 1. The van der Waals surface area contributed by atoms with Gasteiger partial charge in [0.2, 0.25) is 6.79 Å². The molecule has 12 heteroatoms. The summed E-state index contributed by atoms with van der Waals surface area (Å²) >= 11 is 0. The molecule has 3 rings (SSSR count). The van der Waals surface area contributed by atoms with Crippen LogP contribution < -0.4 is 9.47 Å². The molecule has 0 spiro atoms. The summed E-state index contributed by atoms with van der Waals surface area (Å²) in [7, 11) is -6.09. The van der Waals surface area contributed by atoms with E-state index in [1.165, 1.54) is 0 Å². The van der Waals surface area contributed by atoms with Crippen LogP contribution in [-0.4, -0.2) is 54.6 Å². The van der Waals surface area contributed by atoms with Gasteiger partial charge in [-0.1, -0.05) is 0 Å². The molecule has 0 saturated carbocycles. The van der Waals surface area contributed by atoms with E-state index < -0.39 is 15.6 Å². The van der Waals surface area contributed by atoms with Gasteiger partial charge in [-0.3, -0.25) is 0 Å². The maximum atomic E-state index is 11.9. The molecule has 1 aromatic carbocycles. The summed E-state index contributed by atoms with van der Waals surface area (Å²) in [6.07, 6.45) is 1.78. The van der Waals surface area contributed by atoms with Crippen LogP contribution in [0.25, 0.3) is 5.76 Å². The largest absolute Gasteiger partial charge is 0.741 e. The zero-order valence-corrected chi connectivity index (χ0v) is 15.6. The number of halogens is 3. The highest BCUT2D eigenvalue weighted by molar-refractivity contribution is 7.86. The Kier molecular flexibility index (Phi) is 6.34. The Labute approximate surface area is 158 Å². The van der Waals surface area contributed by atoms with Gasteiger partial charge in [0.1, 0.15) is 18.8 Å². The van der Waals surface area contributed by atoms with Gasteiger partial charge in [0, 0.05) is 5.56 Å². The highest BCUT2D eigenvalue weighted by atomic mass is 32.2. The third-order valence-corrected chi connectivity index (χ3v) is 4.29. The van der Waals surface area contributed by atoms with Crippen molar-refractivity contribution in [2.75, 3.05) is 19.9 Å². The average molecular weight is 423 g/mol. The fourth-order valence-corrected chi connectivity index (χ4v) is 2.34. The number of hydrogen-bond acceptors (Lipinski definition) is 7. The minimum absolute atomic E-state index is 0.231. The standard InChI is InChI=1S/C15H16NO4.CHF3O3S/c1-3-16(4-2)11-8-13(20-15(11)17)10-5-6-12-14(7-10)19-9-18-12;2-1(3,4)8(5,6)7/h5-8H,3-4,9H2,1-2H3;(H,5,6,7)/q+1;/p-1. The van der Waals surface area contributed by atoms with Crippen molar-refractivity contribution in [3.63, 3.8) is 0 Å². The van der Waals surface area contributed by atoms with Crippen molar-refractivity contribution in [3.8, 4) is 11.5 Å². The summed E-state index contributed by atoms with van der Waals surface area (Å²) in [5.74, 6) is 1.64.